The van der Waals surface area contributed by atoms with Crippen LogP contribution in [-0.4, -0.2) is 18.8 Å². The molecule has 2 aromatic carbocycles. The Labute approximate surface area is 133 Å². The van der Waals surface area contributed by atoms with Gasteiger partial charge in [0.15, 0.2) is 0 Å². The molecule has 1 atom stereocenters. The van der Waals surface area contributed by atoms with Gasteiger partial charge in [-0.2, -0.15) is 0 Å². The smallest absolute Gasteiger partial charge is 0.118 e. The number of nitrogens with one attached hydrogen (secondary N) is 1. The van der Waals surface area contributed by atoms with Crippen molar-refractivity contribution < 1.29 is 9.84 Å². The Kier molecular flexibility index (Phi) is 5.99. The molecule has 0 aliphatic rings. The van der Waals surface area contributed by atoms with E-state index in [0.29, 0.717) is 6.42 Å². The van der Waals surface area contributed by atoms with Gasteiger partial charge in [-0.3, -0.25) is 0 Å². The lowest BCUT2D eigenvalue weighted by molar-refractivity contribution is 0.166. The van der Waals surface area contributed by atoms with Crippen LogP contribution in [0.3, 0.4) is 0 Å². The maximum atomic E-state index is 10.3. The molecule has 1 unspecified atom stereocenters. The van der Waals surface area contributed by atoms with Crippen molar-refractivity contribution >= 4 is 0 Å². The summed E-state index contributed by atoms with van der Waals surface area (Å²) in [5.74, 6) is 0.869. The summed E-state index contributed by atoms with van der Waals surface area (Å²) >= 11 is 0. The summed E-state index contributed by atoms with van der Waals surface area (Å²) in [5, 5.41) is 13.7. The molecule has 0 heterocycles. The molecule has 3 nitrogen and oxygen atoms in total. The molecule has 3 heteroatoms. The van der Waals surface area contributed by atoms with Crippen molar-refractivity contribution in [3.63, 3.8) is 0 Å². The fourth-order valence-electron chi connectivity index (χ4n) is 2.57. The summed E-state index contributed by atoms with van der Waals surface area (Å²) in [5.41, 5.74) is 4.62. The van der Waals surface area contributed by atoms with Crippen molar-refractivity contribution in [2.24, 2.45) is 0 Å². The maximum absolute atomic E-state index is 10.3. The van der Waals surface area contributed by atoms with Crippen LogP contribution in [0.1, 0.15) is 34.8 Å². The summed E-state index contributed by atoms with van der Waals surface area (Å²) < 4.78 is 5.14. The standard InChI is InChI=1S/C19H25NO2/c1-14-4-9-18(15(2)12-14)19(21)10-11-20-13-16-5-7-17(22-3)8-6-16/h4-9,12,19-21H,10-11,13H2,1-3H3. The predicted molar refractivity (Wildman–Crippen MR) is 90.2 cm³/mol. The van der Waals surface area contributed by atoms with Gasteiger partial charge in [0.25, 0.3) is 0 Å². The largest absolute Gasteiger partial charge is 0.497 e. The number of aliphatic hydroxyl groups excluding tert-OH is 1. The summed E-state index contributed by atoms with van der Waals surface area (Å²) in [6.45, 7) is 5.69. The minimum absolute atomic E-state index is 0.413. The molecule has 0 fully saturated rings. The first-order valence-corrected chi connectivity index (χ1v) is 7.69. The average Bonchev–Trinajstić information content (AvgIpc) is 2.52. The normalized spacial score (nSPS) is 12.2. The summed E-state index contributed by atoms with van der Waals surface area (Å²) in [6, 6.07) is 14.2. The number of methoxy groups -OCH3 is 1. The van der Waals surface area contributed by atoms with E-state index in [0.717, 1.165) is 30.0 Å². The SMILES string of the molecule is COc1ccc(CNCCC(O)c2ccc(C)cc2C)cc1. The van der Waals surface area contributed by atoms with Gasteiger partial charge in [-0.05, 0) is 55.6 Å². The van der Waals surface area contributed by atoms with E-state index in [4.69, 9.17) is 4.74 Å². The van der Waals surface area contributed by atoms with Crippen LogP contribution in [0.2, 0.25) is 0 Å². The van der Waals surface area contributed by atoms with Crippen LogP contribution < -0.4 is 10.1 Å². The topological polar surface area (TPSA) is 41.5 Å². The van der Waals surface area contributed by atoms with Gasteiger partial charge >= 0.3 is 0 Å². The molecule has 0 amide bonds. The third kappa shape index (κ3) is 4.58. The molecule has 2 N–H and O–H groups in total. The zero-order valence-corrected chi connectivity index (χ0v) is 13.6. The predicted octanol–water partition coefficient (Wildman–Crippen LogP) is 3.53. The molecule has 0 spiro atoms. The summed E-state index contributed by atoms with van der Waals surface area (Å²) in [4.78, 5) is 0. The van der Waals surface area contributed by atoms with Crippen LogP contribution in [0.25, 0.3) is 0 Å². The number of rotatable bonds is 7. The Morgan fingerprint density at radius 3 is 2.45 bits per heavy atom. The second-order valence-corrected chi connectivity index (χ2v) is 5.69. The first kappa shape index (κ1) is 16.5. The summed E-state index contributed by atoms with van der Waals surface area (Å²) in [6.07, 6.45) is 0.295. The van der Waals surface area contributed by atoms with Crippen molar-refractivity contribution in [2.75, 3.05) is 13.7 Å². The van der Waals surface area contributed by atoms with Crippen LogP contribution in [0, 0.1) is 13.8 Å². The van der Waals surface area contributed by atoms with Gasteiger partial charge < -0.3 is 15.2 Å². The Balaban J connectivity index is 1.77. The fraction of sp³-hybridized carbons (Fsp3) is 0.368. The van der Waals surface area contributed by atoms with Crippen molar-refractivity contribution in [2.45, 2.75) is 32.9 Å². The van der Waals surface area contributed by atoms with E-state index in [9.17, 15) is 5.11 Å². The number of hydrogen-bond donors (Lipinski definition) is 2. The van der Waals surface area contributed by atoms with Gasteiger partial charge in [-0.1, -0.05) is 35.9 Å². The number of aryl methyl sites for hydroxylation is 2. The molecule has 0 aliphatic heterocycles. The van der Waals surface area contributed by atoms with E-state index >= 15 is 0 Å². The Morgan fingerprint density at radius 1 is 1.09 bits per heavy atom. The molecule has 22 heavy (non-hydrogen) atoms. The molecule has 2 rings (SSSR count). The second-order valence-electron chi connectivity index (χ2n) is 5.69. The lowest BCUT2D eigenvalue weighted by Crippen LogP contribution is -2.17. The third-order valence-electron chi connectivity index (χ3n) is 3.87. The van der Waals surface area contributed by atoms with Crippen LogP contribution in [0.5, 0.6) is 5.75 Å². The van der Waals surface area contributed by atoms with Crippen LogP contribution in [-0.2, 0) is 6.54 Å². The first-order chi connectivity index (χ1) is 10.6. The van der Waals surface area contributed by atoms with Gasteiger partial charge in [0.2, 0.25) is 0 Å². The van der Waals surface area contributed by atoms with Crippen LogP contribution in [0.4, 0.5) is 0 Å². The highest BCUT2D eigenvalue weighted by molar-refractivity contribution is 5.32. The molecule has 2 aromatic rings. The molecule has 0 aliphatic carbocycles. The Morgan fingerprint density at radius 2 is 1.82 bits per heavy atom. The third-order valence-corrected chi connectivity index (χ3v) is 3.87. The van der Waals surface area contributed by atoms with Gasteiger partial charge in [0, 0.05) is 6.54 Å². The average molecular weight is 299 g/mol. The van der Waals surface area contributed by atoms with Crippen molar-refractivity contribution in [3.8, 4) is 5.75 Å². The molecule has 0 aromatic heterocycles. The first-order valence-electron chi connectivity index (χ1n) is 7.69. The highest BCUT2D eigenvalue weighted by atomic mass is 16.5. The summed E-state index contributed by atoms with van der Waals surface area (Å²) in [7, 11) is 1.67. The number of benzene rings is 2. The van der Waals surface area contributed by atoms with Gasteiger partial charge in [-0.25, -0.2) is 0 Å². The highest BCUT2D eigenvalue weighted by Gasteiger charge is 2.09. The number of hydrogen-bond acceptors (Lipinski definition) is 3. The number of ether oxygens (including phenoxy) is 1. The lowest BCUT2D eigenvalue weighted by Gasteiger charge is -2.15. The molecule has 0 saturated heterocycles. The van der Waals surface area contributed by atoms with Crippen molar-refractivity contribution in [1.82, 2.24) is 5.32 Å². The van der Waals surface area contributed by atoms with Crippen LogP contribution >= 0.6 is 0 Å². The zero-order chi connectivity index (χ0) is 15.9. The van der Waals surface area contributed by atoms with E-state index in [-0.39, 0.29) is 0 Å². The molecule has 0 saturated carbocycles. The monoisotopic (exact) mass is 299 g/mol. The Bertz CT molecular complexity index is 593. The van der Waals surface area contributed by atoms with E-state index in [1.54, 1.807) is 7.11 Å². The minimum atomic E-state index is -0.413. The maximum Gasteiger partial charge on any atom is 0.118 e. The van der Waals surface area contributed by atoms with E-state index in [1.807, 2.05) is 30.3 Å². The quantitative estimate of drug-likeness (QED) is 0.769. The Hall–Kier alpha value is -1.84. The molecule has 118 valence electrons. The van der Waals surface area contributed by atoms with Crippen molar-refractivity contribution in [3.05, 3.63) is 64.7 Å². The molecular weight excluding hydrogens is 274 g/mol. The molecular formula is C19H25NO2. The molecule has 0 bridgehead atoms. The minimum Gasteiger partial charge on any atom is -0.497 e. The van der Waals surface area contributed by atoms with E-state index in [2.05, 4.69) is 31.3 Å². The lowest BCUT2D eigenvalue weighted by atomic mass is 9.99. The number of aliphatic hydroxyl groups is 1. The molecule has 0 radical (unpaired) electrons. The van der Waals surface area contributed by atoms with Gasteiger partial charge in [0.1, 0.15) is 5.75 Å². The fourth-order valence-corrected chi connectivity index (χ4v) is 2.57. The van der Waals surface area contributed by atoms with Gasteiger partial charge in [0.05, 0.1) is 13.2 Å². The second kappa shape index (κ2) is 7.97. The van der Waals surface area contributed by atoms with Crippen LogP contribution in [0.15, 0.2) is 42.5 Å². The van der Waals surface area contributed by atoms with Crippen molar-refractivity contribution in [1.29, 1.82) is 0 Å². The highest BCUT2D eigenvalue weighted by Crippen LogP contribution is 2.21. The van der Waals surface area contributed by atoms with E-state index in [1.165, 1.54) is 11.1 Å². The van der Waals surface area contributed by atoms with E-state index < -0.39 is 6.10 Å². The van der Waals surface area contributed by atoms with Gasteiger partial charge in [-0.15, -0.1) is 0 Å². The zero-order valence-electron chi connectivity index (χ0n) is 13.6.